The summed E-state index contributed by atoms with van der Waals surface area (Å²) in [4.78, 5) is 0. The highest BCUT2D eigenvalue weighted by Gasteiger charge is 2.21. The summed E-state index contributed by atoms with van der Waals surface area (Å²) in [5.74, 6) is 1.02. The summed E-state index contributed by atoms with van der Waals surface area (Å²) in [6.07, 6.45) is 6.69. The lowest BCUT2D eigenvalue weighted by Crippen LogP contribution is -2.02. The molecular formula is C50H35N3O. The van der Waals surface area contributed by atoms with Crippen molar-refractivity contribution in [2.24, 2.45) is 0 Å². The van der Waals surface area contributed by atoms with Gasteiger partial charge in [0, 0.05) is 33.5 Å². The molecule has 2 aromatic heterocycles. The van der Waals surface area contributed by atoms with Gasteiger partial charge in [-0.1, -0.05) is 140 Å². The number of rotatable bonds is 7. The number of allylic oxidation sites excluding steroid dienone is 1. The average molecular weight is 694 g/mol. The molecule has 54 heavy (non-hydrogen) atoms. The highest BCUT2D eigenvalue weighted by Crippen LogP contribution is 2.41. The van der Waals surface area contributed by atoms with E-state index in [1.54, 1.807) is 0 Å². The van der Waals surface area contributed by atoms with Crippen molar-refractivity contribution < 1.29 is 4.42 Å². The molecule has 0 N–H and O–H groups in total. The molecule has 256 valence electrons. The van der Waals surface area contributed by atoms with Gasteiger partial charge in [-0.15, -0.1) is 10.2 Å². The Morgan fingerprint density at radius 2 is 0.944 bits per heavy atom. The molecule has 4 heteroatoms. The number of aromatic nitrogens is 3. The second-order valence-corrected chi connectivity index (χ2v) is 13.7. The Hall–Kier alpha value is -7.04. The van der Waals surface area contributed by atoms with Gasteiger partial charge in [-0.3, -0.25) is 0 Å². The zero-order valence-electron chi connectivity index (χ0n) is 29.6. The summed E-state index contributed by atoms with van der Waals surface area (Å²) in [6.45, 7) is 0. The molecule has 0 atom stereocenters. The zero-order valence-corrected chi connectivity index (χ0v) is 29.6. The van der Waals surface area contributed by atoms with Crippen LogP contribution in [0.15, 0.2) is 186 Å². The molecule has 4 nitrogen and oxygen atoms in total. The molecule has 0 aliphatic heterocycles. The minimum absolute atomic E-state index is 0.504. The van der Waals surface area contributed by atoms with Crippen LogP contribution in [-0.4, -0.2) is 14.8 Å². The minimum atomic E-state index is 0.504. The number of hydrogen-bond acceptors (Lipinski definition) is 3. The summed E-state index contributed by atoms with van der Waals surface area (Å²) < 4.78 is 8.51. The van der Waals surface area contributed by atoms with Gasteiger partial charge in [-0.25, -0.2) is 0 Å². The molecule has 0 unspecified atom stereocenters. The SMILES string of the molecule is C1=Cc2c(n(-c3ccc(-c4ccccc4)cc3)c3ccc(-c4ccccc4-c4ccccc4-c4ccc(-c5nnc(-c6ccccc6)o5)cc4)cc23)CC1. The van der Waals surface area contributed by atoms with Crippen molar-refractivity contribution in [3.05, 3.63) is 193 Å². The third-order valence-electron chi connectivity index (χ3n) is 10.5. The van der Waals surface area contributed by atoms with Gasteiger partial charge in [0.25, 0.3) is 0 Å². The van der Waals surface area contributed by atoms with Crippen molar-refractivity contribution in [1.29, 1.82) is 0 Å². The fourth-order valence-electron chi connectivity index (χ4n) is 7.89. The Bertz CT molecular complexity index is 2790. The summed E-state index contributed by atoms with van der Waals surface area (Å²) in [6, 6.07) is 62.3. The van der Waals surface area contributed by atoms with Crippen LogP contribution in [0.5, 0.6) is 0 Å². The van der Waals surface area contributed by atoms with Crippen molar-refractivity contribution in [2.75, 3.05) is 0 Å². The smallest absolute Gasteiger partial charge is 0.248 e. The van der Waals surface area contributed by atoms with Crippen molar-refractivity contribution >= 4 is 17.0 Å². The lowest BCUT2D eigenvalue weighted by molar-refractivity contribution is 0.584. The Morgan fingerprint density at radius 3 is 1.61 bits per heavy atom. The van der Waals surface area contributed by atoms with Crippen LogP contribution in [0, 0.1) is 0 Å². The Labute approximate surface area is 314 Å². The first-order valence-corrected chi connectivity index (χ1v) is 18.5. The van der Waals surface area contributed by atoms with E-state index in [1.807, 2.05) is 30.3 Å². The van der Waals surface area contributed by atoms with Crippen molar-refractivity contribution in [3.63, 3.8) is 0 Å². The zero-order chi connectivity index (χ0) is 35.8. The largest absolute Gasteiger partial charge is 0.416 e. The summed E-state index contributed by atoms with van der Waals surface area (Å²) in [5.41, 5.74) is 16.4. The van der Waals surface area contributed by atoms with Crippen LogP contribution < -0.4 is 0 Å². The van der Waals surface area contributed by atoms with E-state index in [2.05, 4.69) is 173 Å². The highest BCUT2D eigenvalue weighted by atomic mass is 16.4. The first-order chi connectivity index (χ1) is 26.8. The molecule has 0 bridgehead atoms. The lowest BCUT2D eigenvalue weighted by Gasteiger charge is -2.15. The fourth-order valence-corrected chi connectivity index (χ4v) is 7.89. The molecule has 10 rings (SSSR count). The van der Waals surface area contributed by atoms with Crippen LogP contribution in [0.2, 0.25) is 0 Å². The molecule has 0 spiro atoms. The van der Waals surface area contributed by atoms with E-state index < -0.39 is 0 Å². The van der Waals surface area contributed by atoms with Crippen LogP contribution in [-0.2, 0) is 6.42 Å². The van der Waals surface area contributed by atoms with E-state index in [0.717, 1.165) is 29.5 Å². The molecule has 0 saturated carbocycles. The molecule has 1 aliphatic carbocycles. The van der Waals surface area contributed by atoms with Gasteiger partial charge in [-0.05, 0) is 106 Å². The lowest BCUT2D eigenvalue weighted by atomic mass is 9.89. The van der Waals surface area contributed by atoms with Gasteiger partial charge < -0.3 is 8.98 Å². The summed E-state index contributed by atoms with van der Waals surface area (Å²) in [7, 11) is 0. The van der Waals surface area contributed by atoms with Crippen LogP contribution in [0.1, 0.15) is 17.7 Å². The predicted octanol–water partition coefficient (Wildman–Crippen LogP) is 13.0. The normalized spacial score (nSPS) is 12.2. The van der Waals surface area contributed by atoms with Crippen molar-refractivity contribution in [2.45, 2.75) is 12.8 Å². The van der Waals surface area contributed by atoms with Gasteiger partial charge in [0.05, 0.1) is 5.52 Å². The van der Waals surface area contributed by atoms with E-state index in [4.69, 9.17) is 4.42 Å². The second-order valence-electron chi connectivity index (χ2n) is 13.7. The van der Waals surface area contributed by atoms with E-state index in [-0.39, 0.29) is 0 Å². The van der Waals surface area contributed by atoms with Crippen molar-refractivity contribution in [3.8, 4) is 73.1 Å². The first kappa shape index (κ1) is 31.7. The van der Waals surface area contributed by atoms with Crippen LogP contribution >= 0.6 is 0 Å². The first-order valence-electron chi connectivity index (χ1n) is 18.5. The van der Waals surface area contributed by atoms with Crippen LogP contribution in [0.25, 0.3) is 90.1 Å². The van der Waals surface area contributed by atoms with Gasteiger partial charge in [0.2, 0.25) is 11.8 Å². The molecule has 7 aromatic carbocycles. The third kappa shape index (κ3) is 5.65. The van der Waals surface area contributed by atoms with Gasteiger partial charge in [0.15, 0.2) is 0 Å². The van der Waals surface area contributed by atoms with Crippen LogP contribution in [0.4, 0.5) is 0 Å². The number of benzene rings is 7. The molecule has 0 saturated heterocycles. The Morgan fingerprint density at radius 1 is 0.444 bits per heavy atom. The Kier molecular flexibility index (Phi) is 7.92. The minimum Gasteiger partial charge on any atom is -0.416 e. The summed E-state index contributed by atoms with van der Waals surface area (Å²) >= 11 is 0. The van der Waals surface area contributed by atoms with E-state index in [9.17, 15) is 0 Å². The molecule has 0 amide bonds. The van der Waals surface area contributed by atoms with E-state index in [1.165, 1.54) is 66.8 Å². The van der Waals surface area contributed by atoms with Crippen molar-refractivity contribution in [1.82, 2.24) is 14.8 Å². The number of nitrogens with zero attached hydrogens (tertiary/aromatic N) is 3. The molecule has 2 heterocycles. The maximum Gasteiger partial charge on any atom is 0.248 e. The molecular weight excluding hydrogens is 659 g/mol. The standard InChI is InChI=1S/C50H35N3O/c1-3-13-34(14-4-1)35-27-30-40(31-28-35)53-47-22-12-11-21-45(47)46-33-39(29-32-48(46)53)42-18-8-10-20-44(42)43-19-9-7-17-41(43)36-23-25-38(26-24-36)50-52-51-49(54-50)37-15-5-2-6-16-37/h1-11,13-21,23-33H,12,22H2. The number of hydrogen-bond donors (Lipinski definition) is 0. The van der Waals surface area contributed by atoms with Crippen LogP contribution in [0.3, 0.4) is 0 Å². The third-order valence-corrected chi connectivity index (χ3v) is 10.5. The summed E-state index contributed by atoms with van der Waals surface area (Å²) in [5, 5.41) is 9.90. The maximum atomic E-state index is 6.04. The van der Waals surface area contributed by atoms with E-state index >= 15 is 0 Å². The Balaban J connectivity index is 1.01. The molecule has 9 aromatic rings. The number of fused-ring (bicyclic) bond motifs is 3. The quantitative estimate of drug-likeness (QED) is 0.167. The van der Waals surface area contributed by atoms with E-state index in [0.29, 0.717) is 11.8 Å². The van der Waals surface area contributed by atoms with Gasteiger partial charge in [-0.2, -0.15) is 0 Å². The topological polar surface area (TPSA) is 43.9 Å². The fraction of sp³-hybridized carbons (Fsp3) is 0.0400. The molecule has 1 aliphatic rings. The predicted molar refractivity (Wildman–Crippen MR) is 221 cm³/mol. The van der Waals surface area contributed by atoms with Gasteiger partial charge >= 0.3 is 0 Å². The molecule has 0 fully saturated rings. The average Bonchev–Trinajstić information content (AvgIpc) is 3.88. The molecule has 0 radical (unpaired) electrons. The van der Waals surface area contributed by atoms with Gasteiger partial charge in [0.1, 0.15) is 0 Å². The maximum absolute atomic E-state index is 6.04. The monoisotopic (exact) mass is 693 g/mol. The highest BCUT2D eigenvalue weighted by molar-refractivity contribution is 5.99. The second kappa shape index (κ2) is 13.5.